The van der Waals surface area contributed by atoms with Gasteiger partial charge in [0, 0.05) is 20.3 Å². The quantitative estimate of drug-likeness (QED) is 0.673. The Bertz CT molecular complexity index is 406. The van der Waals surface area contributed by atoms with Crippen molar-refractivity contribution in [3.05, 3.63) is 29.6 Å². The summed E-state index contributed by atoms with van der Waals surface area (Å²) in [6, 6.07) is 6.09. The monoisotopic (exact) mass is 294 g/mol. The number of hydrogen-bond donors (Lipinski definition) is 1. The van der Waals surface area contributed by atoms with Crippen LogP contribution < -0.4 is 5.32 Å². The van der Waals surface area contributed by atoms with E-state index in [-0.39, 0.29) is 5.60 Å². The molecule has 0 radical (unpaired) electrons. The molecule has 0 aromatic carbocycles. The molecule has 1 rings (SSSR count). The zero-order chi connectivity index (χ0) is 15.7. The lowest BCUT2D eigenvalue weighted by atomic mass is 10.1. The van der Waals surface area contributed by atoms with Gasteiger partial charge >= 0.3 is 0 Å². The maximum atomic E-state index is 5.69. The highest BCUT2D eigenvalue weighted by molar-refractivity contribution is 5.10. The summed E-state index contributed by atoms with van der Waals surface area (Å²) in [6.07, 6.45) is 0.874. The molecule has 0 amide bonds. The van der Waals surface area contributed by atoms with E-state index in [1.165, 1.54) is 0 Å². The summed E-state index contributed by atoms with van der Waals surface area (Å²) >= 11 is 0. The molecule has 1 heterocycles. The third-order valence-corrected chi connectivity index (χ3v) is 3.37. The standard InChI is InChI=1S/C17H30N2O2/c1-14(2)11-18-12-15-7-6-8-16(19-15)13-21-10-9-17(3,4)20-5/h6-8,14,18H,9-13H2,1-5H3. The van der Waals surface area contributed by atoms with Gasteiger partial charge < -0.3 is 14.8 Å². The predicted octanol–water partition coefficient (Wildman–Crippen LogP) is 3.16. The molecule has 0 saturated heterocycles. The molecule has 0 saturated carbocycles. The van der Waals surface area contributed by atoms with Crippen LogP contribution in [0.2, 0.25) is 0 Å². The van der Waals surface area contributed by atoms with Crippen molar-refractivity contribution in [1.82, 2.24) is 10.3 Å². The second-order valence-corrected chi connectivity index (χ2v) is 6.41. The number of nitrogens with zero attached hydrogens (tertiary/aromatic N) is 1. The molecule has 21 heavy (non-hydrogen) atoms. The number of aromatic nitrogens is 1. The molecule has 0 unspecified atom stereocenters. The Morgan fingerprint density at radius 2 is 1.95 bits per heavy atom. The highest BCUT2D eigenvalue weighted by atomic mass is 16.5. The second kappa shape index (κ2) is 9.13. The summed E-state index contributed by atoms with van der Waals surface area (Å²) in [5.74, 6) is 0.653. The van der Waals surface area contributed by atoms with Crippen LogP contribution in [0, 0.1) is 5.92 Å². The number of hydrogen-bond acceptors (Lipinski definition) is 4. The number of nitrogens with one attached hydrogen (secondary N) is 1. The van der Waals surface area contributed by atoms with Crippen LogP contribution in [0.25, 0.3) is 0 Å². The van der Waals surface area contributed by atoms with Crippen molar-refractivity contribution in [2.75, 3.05) is 20.3 Å². The normalized spacial score (nSPS) is 12.1. The van der Waals surface area contributed by atoms with Crippen molar-refractivity contribution in [1.29, 1.82) is 0 Å². The smallest absolute Gasteiger partial charge is 0.0887 e. The van der Waals surface area contributed by atoms with E-state index in [2.05, 4.69) is 38.0 Å². The van der Waals surface area contributed by atoms with Gasteiger partial charge in [0.2, 0.25) is 0 Å². The van der Waals surface area contributed by atoms with Crippen molar-refractivity contribution in [3.8, 4) is 0 Å². The number of pyridine rings is 1. The first-order valence-corrected chi connectivity index (χ1v) is 7.71. The molecule has 4 heteroatoms. The fourth-order valence-corrected chi connectivity index (χ4v) is 1.79. The molecule has 0 bridgehead atoms. The van der Waals surface area contributed by atoms with Gasteiger partial charge in [-0.25, -0.2) is 0 Å². The third-order valence-electron chi connectivity index (χ3n) is 3.37. The highest BCUT2D eigenvalue weighted by Gasteiger charge is 2.15. The van der Waals surface area contributed by atoms with E-state index in [0.29, 0.717) is 19.1 Å². The molecule has 0 aliphatic carbocycles. The van der Waals surface area contributed by atoms with Gasteiger partial charge in [-0.05, 0) is 44.9 Å². The van der Waals surface area contributed by atoms with Crippen LogP contribution in [0.4, 0.5) is 0 Å². The summed E-state index contributed by atoms with van der Waals surface area (Å²) in [5.41, 5.74) is 1.92. The summed E-state index contributed by atoms with van der Waals surface area (Å²) in [5, 5.41) is 3.40. The van der Waals surface area contributed by atoms with E-state index in [9.17, 15) is 0 Å². The highest BCUT2D eigenvalue weighted by Crippen LogP contribution is 2.13. The van der Waals surface area contributed by atoms with Gasteiger partial charge in [-0.1, -0.05) is 19.9 Å². The molecule has 1 aromatic heterocycles. The Balaban J connectivity index is 2.32. The maximum Gasteiger partial charge on any atom is 0.0887 e. The first-order valence-electron chi connectivity index (χ1n) is 7.71. The van der Waals surface area contributed by atoms with Gasteiger partial charge in [0.25, 0.3) is 0 Å². The minimum Gasteiger partial charge on any atom is -0.379 e. The molecule has 0 spiro atoms. The SMILES string of the molecule is COC(C)(C)CCOCc1cccc(CNCC(C)C)n1. The van der Waals surface area contributed by atoms with E-state index < -0.39 is 0 Å². The van der Waals surface area contributed by atoms with Crippen LogP contribution in [0.5, 0.6) is 0 Å². The first-order chi connectivity index (χ1) is 9.93. The minimum atomic E-state index is -0.129. The summed E-state index contributed by atoms with van der Waals surface area (Å²) in [4.78, 5) is 4.60. The van der Waals surface area contributed by atoms with E-state index in [4.69, 9.17) is 9.47 Å². The van der Waals surface area contributed by atoms with Crippen molar-refractivity contribution in [2.24, 2.45) is 5.92 Å². The summed E-state index contributed by atoms with van der Waals surface area (Å²) < 4.78 is 11.1. The van der Waals surface area contributed by atoms with Crippen LogP contribution in [0.15, 0.2) is 18.2 Å². The largest absolute Gasteiger partial charge is 0.379 e. The zero-order valence-corrected chi connectivity index (χ0v) is 14.1. The number of methoxy groups -OCH3 is 1. The van der Waals surface area contributed by atoms with Gasteiger partial charge in [0.05, 0.1) is 23.6 Å². The molecule has 0 atom stereocenters. The third kappa shape index (κ3) is 8.15. The molecule has 0 aliphatic rings. The van der Waals surface area contributed by atoms with Crippen LogP contribution in [0.3, 0.4) is 0 Å². The lowest BCUT2D eigenvalue weighted by molar-refractivity contribution is -0.0128. The lowest BCUT2D eigenvalue weighted by Crippen LogP contribution is -2.24. The lowest BCUT2D eigenvalue weighted by Gasteiger charge is -2.22. The Morgan fingerprint density at radius 3 is 2.62 bits per heavy atom. The molecule has 0 fully saturated rings. The van der Waals surface area contributed by atoms with Crippen LogP contribution in [-0.2, 0) is 22.6 Å². The topological polar surface area (TPSA) is 43.4 Å². The minimum absolute atomic E-state index is 0.129. The first kappa shape index (κ1) is 18.1. The average Bonchev–Trinajstić information content (AvgIpc) is 2.44. The molecule has 1 N–H and O–H groups in total. The van der Waals surface area contributed by atoms with E-state index in [1.807, 2.05) is 18.2 Å². The number of ether oxygens (including phenoxy) is 2. The van der Waals surface area contributed by atoms with Crippen molar-refractivity contribution >= 4 is 0 Å². The number of rotatable bonds is 10. The van der Waals surface area contributed by atoms with Crippen molar-refractivity contribution < 1.29 is 9.47 Å². The Hall–Kier alpha value is -0.970. The van der Waals surface area contributed by atoms with Gasteiger partial charge in [-0.15, -0.1) is 0 Å². The van der Waals surface area contributed by atoms with Gasteiger partial charge in [-0.3, -0.25) is 4.98 Å². The van der Waals surface area contributed by atoms with Gasteiger partial charge in [0.15, 0.2) is 0 Å². The van der Waals surface area contributed by atoms with Gasteiger partial charge in [-0.2, -0.15) is 0 Å². The van der Waals surface area contributed by atoms with E-state index in [0.717, 1.165) is 30.9 Å². The van der Waals surface area contributed by atoms with Crippen molar-refractivity contribution in [3.63, 3.8) is 0 Å². The Labute approximate surface area is 129 Å². The van der Waals surface area contributed by atoms with Crippen LogP contribution >= 0.6 is 0 Å². The molecule has 1 aromatic rings. The molecular formula is C17H30N2O2. The second-order valence-electron chi connectivity index (χ2n) is 6.41. The Morgan fingerprint density at radius 1 is 1.24 bits per heavy atom. The predicted molar refractivity (Wildman–Crippen MR) is 86.1 cm³/mol. The molecule has 120 valence electrons. The van der Waals surface area contributed by atoms with Gasteiger partial charge in [0.1, 0.15) is 0 Å². The van der Waals surface area contributed by atoms with E-state index in [1.54, 1.807) is 7.11 Å². The average molecular weight is 294 g/mol. The van der Waals surface area contributed by atoms with E-state index >= 15 is 0 Å². The van der Waals surface area contributed by atoms with Crippen LogP contribution in [0.1, 0.15) is 45.5 Å². The molecular weight excluding hydrogens is 264 g/mol. The molecule has 0 aliphatic heterocycles. The van der Waals surface area contributed by atoms with Crippen LogP contribution in [-0.4, -0.2) is 30.8 Å². The Kier molecular flexibility index (Phi) is 7.86. The zero-order valence-electron chi connectivity index (χ0n) is 14.1. The fourth-order valence-electron chi connectivity index (χ4n) is 1.79. The fraction of sp³-hybridized carbons (Fsp3) is 0.706. The van der Waals surface area contributed by atoms with Crippen molar-refractivity contribution in [2.45, 2.75) is 52.9 Å². The molecule has 4 nitrogen and oxygen atoms in total. The summed E-state index contributed by atoms with van der Waals surface area (Å²) in [6.45, 7) is 11.6. The summed E-state index contributed by atoms with van der Waals surface area (Å²) in [7, 11) is 1.73. The maximum absolute atomic E-state index is 5.69.